The molecule has 0 aromatic heterocycles. The lowest BCUT2D eigenvalue weighted by atomic mass is 9.92. The van der Waals surface area contributed by atoms with E-state index in [1.807, 2.05) is 0 Å². The van der Waals surface area contributed by atoms with E-state index in [4.69, 9.17) is 23.2 Å². The van der Waals surface area contributed by atoms with Crippen molar-refractivity contribution in [1.29, 1.82) is 0 Å². The van der Waals surface area contributed by atoms with Crippen molar-refractivity contribution in [2.75, 3.05) is 11.8 Å². The van der Waals surface area contributed by atoms with E-state index in [1.54, 1.807) is 0 Å². The molecule has 0 saturated carbocycles. The summed E-state index contributed by atoms with van der Waals surface area (Å²) in [6.07, 6.45) is 10.4. The van der Waals surface area contributed by atoms with Crippen molar-refractivity contribution in [2.24, 2.45) is 5.92 Å². The van der Waals surface area contributed by atoms with Crippen molar-refractivity contribution in [3.05, 3.63) is 0 Å². The summed E-state index contributed by atoms with van der Waals surface area (Å²) < 4.78 is 0. The van der Waals surface area contributed by atoms with Crippen molar-refractivity contribution in [2.45, 2.75) is 58.3 Å². The average molecular weight is 239 g/mol. The Bertz CT molecular complexity index is 96.5. The van der Waals surface area contributed by atoms with Gasteiger partial charge in [0.05, 0.1) is 0 Å². The molecule has 0 aliphatic rings. The van der Waals surface area contributed by atoms with Crippen LogP contribution in [0.2, 0.25) is 0 Å². The molecule has 0 atom stereocenters. The molecule has 0 bridgehead atoms. The predicted molar refractivity (Wildman–Crippen MR) is 67.5 cm³/mol. The van der Waals surface area contributed by atoms with Crippen molar-refractivity contribution in [3.8, 4) is 0 Å². The Kier molecular flexibility index (Phi) is 12.1. The second-order valence-electron chi connectivity index (χ2n) is 4.02. The van der Waals surface area contributed by atoms with Gasteiger partial charge in [-0.1, -0.05) is 32.6 Å². The molecule has 0 spiro atoms. The molecule has 0 heterocycles. The van der Waals surface area contributed by atoms with Crippen molar-refractivity contribution in [1.82, 2.24) is 0 Å². The van der Waals surface area contributed by atoms with E-state index in [9.17, 15) is 0 Å². The Morgan fingerprint density at radius 3 is 1.71 bits per heavy atom. The third-order valence-corrected chi connectivity index (χ3v) is 3.24. The molecule has 0 fully saturated rings. The number of unbranched alkanes of at least 4 members (excludes halogenated alkanes) is 2. The fourth-order valence-corrected chi connectivity index (χ4v) is 2.16. The van der Waals surface area contributed by atoms with Crippen LogP contribution in [0.25, 0.3) is 0 Å². The van der Waals surface area contributed by atoms with E-state index >= 15 is 0 Å². The number of halogens is 2. The third kappa shape index (κ3) is 9.15. The Hall–Kier alpha value is 0.580. The number of alkyl halides is 2. The lowest BCUT2D eigenvalue weighted by Crippen LogP contribution is -2.02. The molecule has 0 aliphatic carbocycles. The van der Waals surface area contributed by atoms with E-state index in [0.29, 0.717) is 0 Å². The van der Waals surface area contributed by atoms with E-state index in [2.05, 4.69) is 6.92 Å². The second kappa shape index (κ2) is 11.7. The maximum atomic E-state index is 5.71. The van der Waals surface area contributed by atoms with Crippen molar-refractivity contribution in [3.63, 3.8) is 0 Å². The van der Waals surface area contributed by atoms with E-state index in [-0.39, 0.29) is 0 Å². The van der Waals surface area contributed by atoms with Gasteiger partial charge in [-0.05, 0) is 31.6 Å². The molecule has 86 valence electrons. The maximum absolute atomic E-state index is 5.71. The van der Waals surface area contributed by atoms with E-state index < -0.39 is 0 Å². The Morgan fingerprint density at radius 1 is 0.786 bits per heavy atom. The molecule has 0 rings (SSSR count). The van der Waals surface area contributed by atoms with Crippen LogP contribution in [0.5, 0.6) is 0 Å². The SMILES string of the molecule is CCCCCC(CCCCl)CCCCl. The quantitative estimate of drug-likeness (QED) is 0.362. The monoisotopic (exact) mass is 238 g/mol. The molecule has 0 aromatic rings. The van der Waals surface area contributed by atoms with Gasteiger partial charge in [-0.25, -0.2) is 0 Å². The Balaban J connectivity index is 3.49. The first-order valence-corrected chi connectivity index (χ1v) is 7.04. The van der Waals surface area contributed by atoms with Crippen LogP contribution in [0.3, 0.4) is 0 Å². The van der Waals surface area contributed by atoms with Crippen LogP contribution in [0.15, 0.2) is 0 Å². The molecule has 0 amide bonds. The van der Waals surface area contributed by atoms with Crippen LogP contribution in [-0.2, 0) is 0 Å². The molecule has 14 heavy (non-hydrogen) atoms. The number of hydrogen-bond acceptors (Lipinski definition) is 0. The van der Waals surface area contributed by atoms with Gasteiger partial charge in [0.1, 0.15) is 0 Å². The Morgan fingerprint density at radius 2 is 1.29 bits per heavy atom. The molecule has 0 radical (unpaired) electrons. The smallest absolute Gasteiger partial charge is 0.0223 e. The highest BCUT2D eigenvalue weighted by Gasteiger charge is 2.07. The molecule has 0 unspecified atom stereocenters. The Labute approximate surface area is 99.4 Å². The highest BCUT2D eigenvalue weighted by atomic mass is 35.5. The molecule has 2 heteroatoms. The zero-order valence-corrected chi connectivity index (χ0v) is 10.9. The number of rotatable bonds is 10. The molecule has 0 saturated heterocycles. The minimum Gasteiger partial charge on any atom is -0.127 e. The summed E-state index contributed by atoms with van der Waals surface area (Å²) in [7, 11) is 0. The first kappa shape index (κ1) is 14.6. The van der Waals surface area contributed by atoms with E-state index in [1.165, 1.54) is 51.4 Å². The van der Waals surface area contributed by atoms with Crippen molar-refractivity contribution < 1.29 is 0 Å². The van der Waals surface area contributed by atoms with Gasteiger partial charge in [0.2, 0.25) is 0 Å². The maximum Gasteiger partial charge on any atom is 0.0223 e. The van der Waals surface area contributed by atoms with Gasteiger partial charge in [0.15, 0.2) is 0 Å². The molecule has 0 nitrogen and oxygen atoms in total. The fraction of sp³-hybridized carbons (Fsp3) is 1.00. The van der Waals surface area contributed by atoms with Crippen LogP contribution in [0.1, 0.15) is 58.3 Å². The predicted octanol–water partition coefficient (Wildman–Crippen LogP) is 5.22. The summed E-state index contributed by atoms with van der Waals surface area (Å²) in [5.74, 6) is 2.50. The minimum atomic E-state index is 0.811. The zero-order valence-electron chi connectivity index (χ0n) is 9.40. The van der Waals surface area contributed by atoms with Gasteiger partial charge in [-0.2, -0.15) is 0 Å². The van der Waals surface area contributed by atoms with Gasteiger partial charge in [-0.3, -0.25) is 0 Å². The summed E-state index contributed by atoms with van der Waals surface area (Å²) in [6.45, 7) is 2.26. The largest absolute Gasteiger partial charge is 0.127 e. The van der Waals surface area contributed by atoms with Gasteiger partial charge in [0.25, 0.3) is 0 Å². The molecular formula is C12H24Cl2. The van der Waals surface area contributed by atoms with Gasteiger partial charge < -0.3 is 0 Å². The molecule has 0 aromatic carbocycles. The van der Waals surface area contributed by atoms with Crippen LogP contribution in [-0.4, -0.2) is 11.8 Å². The van der Waals surface area contributed by atoms with Crippen LogP contribution < -0.4 is 0 Å². The lowest BCUT2D eigenvalue weighted by Gasteiger charge is -2.15. The van der Waals surface area contributed by atoms with Crippen LogP contribution in [0, 0.1) is 5.92 Å². The first-order valence-electron chi connectivity index (χ1n) is 5.97. The molecular weight excluding hydrogens is 215 g/mol. The summed E-state index contributed by atoms with van der Waals surface area (Å²) in [6, 6.07) is 0. The normalized spacial score (nSPS) is 11.1. The molecule has 0 aliphatic heterocycles. The standard InChI is InChI=1S/C12H24Cl2/c1-2-3-4-7-12(8-5-10-13)9-6-11-14/h12H,2-11H2,1H3. The first-order chi connectivity index (χ1) is 6.85. The minimum absolute atomic E-state index is 0.811. The average Bonchev–Trinajstić information content (AvgIpc) is 2.21. The number of hydrogen-bond donors (Lipinski definition) is 0. The summed E-state index contributed by atoms with van der Waals surface area (Å²) in [5, 5.41) is 0. The highest BCUT2D eigenvalue weighted by molar-refractivity contribution is 6.18. The van der Waals surface area contributed by atoms with E-state index in [0.717, 1.165) is 17.7 Å². The summed E-state index contributed by atoms with van der Waals surface area (Å²) in [4.78, 5) is 0. The topological polar surface area (TPSA) is 0 Å². The van der Waals surface area contributed by atoms with Gasteiger partial charge in [0, 0.05) is 11.8 Å². The van der Waals surface area contributed by atoms with Gasteiger partial charge >= 0.3 is 0 Å². The fourth-order valence-electron chi connectivity index (χ4n) is 1.85. The second-order valence-corrected chi connectivity index (χ2v) is 4.78. The lowest BCUT2D eigenvalue weighted by molar-refractivity contribution is 0.396. The zero-order chi connectivity index (χ0) is 10.6. The highest BCUT2D eigenvalue weighted by Crippen LogP contribution is 2.21. The molecule has 0 N–H and O–H groups in total. The summed E-state index contributed by atoms with van der Waals surface area (Å²) in [5.41, 5.74) is 0. The van der Waals surface area contributed by atoms with Gasteiger partial charge in [-0.15, -0.1) is 23.2 Å². The third-order valence-electron chi connectivity index (χ3n) is 2.71. The van der Waals surface area contributed by atoms with Crippen LogP contribution in [0.4, 0.5) is 0 Å². The van der Waals surface area contributed by atoms with Crippen molar-refractivity contribution >= 4 is 23.2 Å². The summed E-state index contributed by atoms with van der Waals surface area (Å²) >= 11 is 11.4. The van der Waals surface area contributed by atoms with Crippen LogP contribution >= 0.6 is 23.2 Å².